The second kappa shape index (κ2) is 16.2. The quantitative estimate of drug-likeness (QED) is 0.114. The van der Waals surface area contributed by atoms with Crippen molar-refractivity contribution in [1.82, 2.24) is 15.6 Å². The van der Waals surface area contributed by atoms with Crippen LogP contribution in [0.15, 0.2) is 76.1 Å². The number of hydrogen-bond acceptors (Lipinski definition) is 8. The molecule has 5 rings (SSSR count). The lowest BCUT2D eigenvalue weighted by Crippen LogP contribution is -2.57. The zero-order valence-corrected chi connectivity index (χ0v) is 29.1. The summed E-state index contributed by atoms with van der Waals surface area (Å²) in [6.07, 6.45) is 7.29. The number of fused-ring (bicyclic) bond motifs is 1. The van der Waals surface area contributed by atoms with Crippen molar-refractivity contribution >= 4 is 34.9 Å². The molecule has 4 atom stereocenters. The average Bonchev–Trinajstić information content (AvgIpc) is 3.72. The number of pyridine rings is 1. The first-order chi connectivity index (χ1) is 23.9. The third kappa shape index (κ3) is 9.03. The lowest BCUT2D eigenvalue weighted by molar-refractivity contribution is -0.126. The molecule has 1 fully saturated rings. The average molecular weight is 689 g/mol. The highest BCUT2D eigenvalue weighted by Crippen LogP contribution is 2.36. The van der Waals surface area contributed by atoms with E-state index in [2.05, 4.69) is 15.6 Å². The number of methoxy groups -OCH3 is 1. The smallest absolute Gasteiger partial charge is 0.412 e. The molecule has 4 aromatic rings. The van der Waals surface area contributed by atoms with Crippen LogP contribution in [-0.4, -0.2) is 64.6 Å². The number of amides is 3. The molecule has 50 heavy (non-hydrogen) atoms. The fourth-order valence-corrected chi connectivity index (χ4v) is 6.97. The number of benzene rings is 1. The van der Waals surface area contributed by atoms with Gasteiger partial charge < -0.3 is 34.4 Å². The summed E-state index contributed by atoms with van der Waals surface area (Å²) in [6, 6.07) is 12.7. The summed E-state index contributed by atoms with van der Waals surface area (Å²) in [5, 5.41) is 28.9. The number of aromatic nitrogens is 1. The molecular weight excluding hydrogens is 640 g/mol. The van der Waals surface area contributed by atoms with E-state index in [9.17, 15) is 24.6 Å². The first-order valence-electron chi connectivity index (χ1n) is 17.2. The van der Waals surface area contributed by atoms with Crippen molar-refractivity contribution in [3.8, 4) is 11.3 Å². The van der Waals surface area contributed by atoms with Gasteiger partial charge >= 0.3 is 12.2 Å². The lowest BCUT2D eigenvalue weighted by Gasteiger charge is -2.37. The number of carbonyl (C=O) groups excluding carboxylic acids is 2. The molecule has 1 aliphatic rings. The van der Waals surface area contributed by atoms with Crippen LogP contribution in [0, 0.1) is 11.3 Å². The summed E-state index contributed by atoms with van der Waals surface area (Å²) < 4.78 is 15.7. The number of rotatable bonds is 13. The van der Waals surface area contributed by atoms with Gasteiger partial charge in [0, 0.05) is 17.8 Å². The summed E-state index contributed by atoms with van der Waals surface area (Å²) in [5.41, 5.74) is 2.27. The molecule has 3 aromatic heterocycles. The highest BCUT2D eigenvalue weighted by Gasteiger charge is 2.39. The minimum Gasteiger partial charge on any atom is -0.465 e. The van der Waals surface area contributed by atoms with E-state index in [1.165, 1.54) is 24.5 Å². The largest absolute Gasteiger partial charge is 0.465 e. The molecule has 1 aromatic carbocycles. The molecule has 268 valence electrons. The highest BCUT2D eigenvalue weighted by molar-refractivity contribution is 5.98. The van der Waals surface area contributed by atoms with Crippen LogP contribution in [0.3, 0.4) is 0 Å². The maximum Gasteiger partial charge on any atom is 0.412 e. The Kier molecular flexibility index (Phi) is 11.8. The normalized spacial score (nSPS) is 16.3. The van der Waals surface area contributed by atoms with E-state index >= 15 is 0 Å². The van der Waals surface area contributed by atoms with Gasteiger partial charge in [0.25, 0.3) is 5.78 Å². The molecule has 0 unspecified atom stereocenters. The summed E-state index contributed by atoms with van der Waals surface area (Å²) in [5.74, 6) is -0.0273. The molecule has 0 radical (unpaired) electrons. The van der Waals surface area contributed by atoms with Gasteiger partial charge in [0.05, 0.1) is 42.3 Å². The number of nitrogens with zero attached hydrogens (tertiary/aromatic N) is 2. The van der Waals surface area contributed by atoms with E-state index < -0.39 is 47.7 Å². The van der Waals surface area contributed by atoms with Crippen LogP contribution in [0.1, 0.15) is 71.3 Å². The Bertz CT molecular complexity index is 1710. The van der Waals surface area contributed by atoms with Crippen molar-refractivity contribution in [1.29, 1.82) is 0 Å². The summed E-state index contributed by atoms with van der Waals surface area (Å²) in [7, 11) is 1.23. The van der Waals surface area contributed by atoms with Gasteiger partial charge in [-0.2, -0.15) is 0 Å². The molecule has 12 nitrogen and oxygen atoms in total. The van der Waals surface area contributed by atoms with Crippen LogP contribution in [0.5, 0.6) is 0 Å². The summed E-state index contributed by atoms with van der Waals surface area (Å²) >= 11 is 0. The zero-order valence-electron chi connectivity index (χ0n) is 29.1. The number of hydrogen-bond donors (Lipinski definition) is 4. The van der Waals surface area contributed by atoms with Gasteiger partial charge in [-0.3, -0.25) is 14.7 Å². The number of aliphatic hydroxyl groups is 1. The van der Waals surface area contributed by atoms with Crippen LogP contribution < -0.4 is 15.5 Å². The Morgan fingerprint density at radius 3 is 2.40 bits per heavy atom. The van der Waals surface area contributed by atoms with Gasteiger partial charge in [-0.05, 0) is 54.4 Å². The molecule has 0 spiro atoms. The molecule has 12 heteroatoms. The molecule has 4 N–H and O–H groups in total. The molecular formula is C38H48N4O8. The third-order valence-electron chi connectivity index (χ3n) is 9.57. The number of carboxylic acid groups (broad SMARTS) is 1. The van der Waals surface area contributed by atoms with Crippen molar-refractivity contribution in [2.75, 3.05) is 12.0 Å². The molecule has 0 aliphatic heterocycles. The predicted molar refractivity (Wildman–Crippen MR) is 189 cm³/mol. The van der Waals surface area contributed by atoms with Crippen molar-refractivity contribution in [3.63, 3.8) is 0 Å². The van der Waals surface area contributed by atoms with Gasteiger partial charge in [0.2, 0.25) is 5.91 Å². The lowest BCUT2D eigenvalue weighted by atomic mass is 9.82. The SMILES string of the molecule is COC(=O)N[C@H](C(=O)N[C@@H](Cc1ccc(-c2ccccn2)cc1)C[C@H](O)[C@H](CC1CCCCC1)N(C(=O)O)c1coc2occc12)C(C)(C)C. The fourth-order valence-electron chi connectivity index (χ4n) is 6.97. The molecule has 0 bridgehead atoms. The molecule has 3 heterocycles. The molecule has 0 saturated heterocycles. The van der Waals surface area contributed by atoms with Crippen LogP contribution in [0.25, 0.3) is 22.4 Å². The maximum absolute atomic E-state index is 13.9. The molecule has 1 aliphatic carbocycles. The third-order valence-corrected chi connectivity index (χ3v) is 9.57. The van der Waals surface area contributed by atoms with Gasteiger partial charge in [0.15, 0.2) is 0 Å². The Morgan fingerprint density at radius 2 is 1.76 bits per heavy atom. The Labute approximate surface area is 292 Å². The number of anilines is 1. The maximum atomic E-state index is 13.9. The van der Waals surface area contributed by atoms with E-state index in [-0.39, 0.29) is 18.1 Å². The van der Waals surface area contributed by atoms with Crippen molar-refractivity contribution in [3.05, 3.63) is 72.8 Å². The molecule has 3 amide bonds. The van der Waals surface area contributed by atoms with E-state index in [1.54, 1.807) is 12.3 Å². The minimum atomic E-state index is -1.23. The van der Waals surface area contributed by atoms with Crippen molar-refractivity contribution < 1.29 is 38.2 Å². The van der Waals surface area contributed by atoms with E-state index in [0.717, 1.165) is 48.9 Å². The summed E-state index contributed by atoms with van der Waals surface area (Å²) in [4.78, 5) is 44.8. The second-order valence-electron chi connectivity index (χ2n) is 14.3. The monoisotopic (exact) mass is 688 g/mol. The first-order valence-corrected chi connectivity index (χ1v) is 17.2. The predicted octanol–water partition coefficient (Wildman–Crippen LogP) is 7.16. The fraction of sp³-hybridized carbons (Fsp3) is 0.474. The highest BCUT2D eigenvalue weighted by atomic mass is 16.5. The number of alkyl carbamates (subject to hydrolysis) is 1. The standard InChI is InChI=1S/C38H48N4O8/c1-38(2,3)33(41-36(45)48-4)34(44)40-27(20-25-13-15-26(16-14-25)29-12-8-9-18-39-29)22-32(43)30(21-24-10-6-5-7-11-24)42(37(46)47)31-23-50-35-28(31)17-19-49-35/h8-9,12-19,23-24,27,30,32-33,43H,5-7,10-11,20-22H2,1-4H3,(H,40,44)(H,41,45)(H,46,47)/t27-,30-,32-,33+/m0/s1. The van der Waals surface area contributed by atoms with Crippen LogP contribution in [-0.2, 0) is 16.0 Å². The van der Waals surface area contributed by atoms with Crippen molar-refractivity contribution in [2.45, 2.75) is 96.4 Å². The minimum absolute atomic E-state index is 0.0381. The Hall–Kier alpha value is -4.84. The number of carbonyl (C=O) groups is 3. The number of nitrogens with one attached hydrogen (secondary N) is 2. The van der Waals surface area contributed by atoms with E-state index in [1.807, 2.05) is 63.2 Å². The Morgan fingerprint density at radius 1 is 1.02 bits per heavy atom. The second-order valence-corrected chi connectivity index (χ2v) is 14.3. The van der Waals surface area contributed by atoms with Crippen molar-refractivity contribution in [2.24, 2.45) is 11.3 Å². The Balaban J connectivity index is 1.46. The van der Waals surface area contributed by atoms with Gasteiger partial charge in [-0.15, -0.1) is 0 Å². The first kappa shape index (κ1) is 36.4. The summed E-state index contributed by atoms with van der Waals surface area (Å²) in [6.45, 7) is 5.50. The molecule has 1 saturated carbocycles. The topological polar surface area (TPSA) is 167 Å². The van der Waals surface area contributed by atoms with E-state index in [0.29, 0.717) is 23.9 Å². The number of ether oxygens (including phenoxy) is 1. The van der Waals surface area contributed by atoms with Crippen LogP contribution in [0.4, 0.5) is 15.3 Å². The number of furan rings is 2. The van der Waals surface area contributed by atoms with Crippen LogP contribution in [0.2, 0.25) is 0 Å². The van der Waals surface area contributed by atoms with Gasteiger partial charge in [-0.1, -0.05) is 83.2 Å². The van der Waals surface area contributed by atoms with E-state index in [4.69, 9.17) is 13.6 Å². The van der Waals surface area contributed by atoms with Gasteiger partial charge in [-0.25, -0.2) is 9.59 Å². The number of aliphatic hydroxyl groups excluding tert-OH is 1. The zero-order chi connectivity index (χ0) is 35.8. The van der Waals surface area contributed by atoms with Crippen LogP contribution >= 0.6 is 0 Å². The van der Waals surface area contributed by atoms with Gasteiger partial charge in [0.1, 0.15) is 12.3 Å².